The first-order valence-corrected chi connectivity index (χ1v) is 9.89. The van der Waals surface area contributed by atoms with Gasteiger partial charge >= 0.3 is 0 Å². The molecule has 0 spiro atoms. The number of nitrogens with zero attached hydrogens (tertiary/aromatic N) is 5. The number of ether oxygens (including phenoxy) is 1. The monoisotopic (exact) mass is 430 g/mol. The van der Waals surface area contributed by atoms with E-state index in [2.05, 4.69) is 20.4 Å². The maximum absolute atomic E-state index is 13.9. The van der Waals surface area contributed by atoms with Gasteiger partial charge in [0.2, 0.25) is 5.88 Å². The van der Waals surface area contributed by atoms with E-state index in [0.717, 1.165) is 19.0 Å². The number of carbonyl (C=O) groups excluding carboxylic acids is 1. The Hall–Kier alpha value is -3.31. The molecule has 2 atom stereocenters. The van der Waals surface area contributed by atoms with Crippen LogP contribution in [0.25, 0.3) is 5.65 Å². The molecule has 11 heteroatoms. The number of anilines is 1. The van der Waals surface area contributed by atoms with Crippen LogP contribution in [0.1, 0.15) is 34.8 Å². The number of rotatable bonds is 7. The van der Waals surface area contributed by atoms with Crippen LogP contribution in [0.5, 0.6) is 5.88 Å². The number of nitrogens with one attached hydrogen (secondary N) is 1. The van der Waals surface area contributed by atoms with Gasteiger partial charge in [-0.2, -0.15) is 5.10 Å². The largest absolute Gasteiger partial charge is 0.481 e. The van der Waals surface area contributed by atoms with E-state index in [9.17, 15) is 14.3 Å². The zero-order valence-electron chi connectivity index (χ0n) is 16.9. The SMILES string of the molecule is COc1ncc(F)cc1C1CCCN1c1ccn2ncc(C(=O)NCC(O)CO)c2n1. The molecule has 3 aromatic heterocycles. The molecule has 1 aliphatic rings. The summed E-state index contributed by atoms with van der Waals surface area (Å²) in [6, 6.07) is 3.04. The molecule has 10 nitrogen and oxygen atoms in total. The van der Waals surface area contributed by atoms with E-state index in [4.69, 9.17) is 9.84 Å². The summed E-state index contributed by atoms with van der Waals surface area (Å²) in [4.78, 5) is 23.2. The highest BCUT2D eigenvalue weighted by molar-refractivity contribution is 5.99. The first-order valence-electron chi connectivity index (χ1n) is 9.89. The van der Waals surface area contributed by atoms with Gasteiger partial charge in [0.1, 0.15) is 17.2 Å². The number of hydrogen-bond acceptors (Lipinski definition) is 8. The van der Waals surface area contributed by atoms with E-state index in [1.54, 1.807) is 12.3 Å². The molecule has 1 aliphatic heterocycles. The second-order valence-electron chi connectivity index (χ2n) is 7.26. The van der Waals surface area contributed by atoms with Gasteiger partial charge in [0.05, 0.1) is 38.3 Å². The number of hydrogen-bond donors (Lipinski definition) is 3. The van der Waals surface area contributed by atoms with Gasteiger partial charge in [0.25, 0.3) is 5.91 Å². The summed E-state index contributed by atoms with van der Waals surface area (Å²) < 4.78 is 20.7. The third-order valence-electron chi connectivity index (χ3n) is 5.25. The molecular formula is C20H23FN6O4. The number of aromatic nitrogens is 4. The van der Waals surface area contributed by atoms with Crippen molar-refractivity contribution in [1.29, 1.82) is 0 Å². The lowest BCUT2D eigenvalue weighted by molar-refractivity contribution is 0.0803. The topological polar surface area (TPSA) is 125 Å². The molecule has 3 N–H and O–H groups in total. The Morgan fingerprint density at radius 1 is 1.45 bits per heavy atom. The van der Waals surface area contributed by atoms with Crippen molar-refractivity contribution in [1.82, 2.24) is 24.9 Å². The number of fused-ring (bicyclic) bond motifs is 1. The highest BCUT2D eigenvalue weighted by Crippen LogP contribution is 2.38. The standard InChI is InChI=1S/C20H23FN6O4/c1-31-20-14(7-12(21)8-23-20)16-3-2-5-26(16)17-4-6-27-18(25-17)15(10-24-27)19(30)22-9-13(29)11-28/h4,6-8,10,13,16,28-29H,2-3,5,9,11H2,1H3,(H,22,30). The predicted molar refractivity (Wildman–Crippen MR) is 108 cm³/mol. The molecule has 1 fully saturated rings. The minimum Gasteiger partial charge on any atom is -0.481 e. The van der Waals surface area contributed by atoms with Crippen molar-refractivity contribution in [3.8, 4) is 5.88 Å². The number of halogens is 1. The van der Waals surface area contributed by atoms with Gasteiger partial charge in [-0.3, -0.25) is 4.79 Å². The van der Waals surface area contributed by atoms with Gasteiger partial charge < -0.3 is 25.2 Å². The highest BCUT2D eigenvalue weighted by Gasteiger charge is 2.31. The van der Waals surface area contributed by atoms with Gasteiger partial charge in [-0.15, -0.1) is 0 Å². The van der Waals surface area contributed by atoms with Crippen molar-refractivity contribution >= 4 is 17.4 Å². The molecule has 0 radical (unpaired) electrons. The molecule has 31 heavy (non-hydrogen) atoms. The van der Waals surface area contributed by atoms with Crippen LogP contribution in [0, 0.1) is 5.82 Å². The summed E-state index contributed by atoms with van der Waals surface area (Å²) in [5, 5.41) is 25.1. The lowest BCUT2D eigenvalue weighted by Crippen LogP contribution is -2.33. The number of aliphatic hydroxyl groups is 2. The number of carbonyl (C=O) groups is 1. The molecule has 4 heterocycles. The van der Waals surface area contributed by atoms with Crippen LogP contribution in [0.3, 0.4) is 0 Å². The average molecular weight is 430 g/mol. The number of aliphatic hydroxyl groups excluding tert-OH is 2. The molecule has 2 unspecified atom stereocenters. The highest BCUT2D eigenvalue weighted by atomic mass is 19.1. The van der Waals surface area contributed by atoms with Crippen molar-refractivity contribution in [2.24, 2.45) is 0 Å². The van der Waals surface area contributed by atoms with E-state index in [1.807, 2.05) is 4.90 Å². The molecule has 3 aromatic rings. The Morgan fingerprint density at radius 3 is 3.06 bits per heavy atom. The van der Waals surface area contributed by atoms with Crippen LogP contribution in [0.2, 0.25) is 0 Å². The van der Waals surface area contributed by atoms with Crippen LogP contribution in [-0.2, 0) is 0 Å². The molecule has 0 saturated carbocycles. The van der Waals surface area contributed by atoms with Gasteiger partial charge in [0, 0.05) is 24.8 Å². The van der Waals surface area contributed by atoms with Crippen molar-refractivity contribution < 1.29 is 24.1 Å². The van der Waals surface area contributed by atoms with E-state index in [0.29, 0.717) is 29.5 Å². The van der Waals surface area contributed by atoms with Gasteiger partial charge in [-0.25, -0.2) is 18.9 Å². The molecular weight excluding hydrogens is 407 g/mol. The predicted octanol–water partition coefficient (Wildman–Crippen LogP) is 0.696. The molecule has 0 aromatic carbocycles. The first-order chi connectivity index (χ1) is 15.0. The fraction of sp³-hybridized carbons (Fsp3) is 0.400. The summed E-state index contributed by atoms with van der Waals surface area (Å²) in [5.41, 5.74) is 1.24. The smallest absolute Gasteiger partial charge is 0.256 e. The third-order valence-corrected chi connectivity index (χ3v) is 5.25. The maximum atomic E-state index is 13.9. The van der Waals surface area contributed by atoms with Gasteiger partial charge in [-0.05, 0) is 25.0 Å². The minimum absolute atomic E-state index is 0.0903. The van der Waals surface area contributed by atoms with Crippen LogP contribution < -0.4 is 15.0 Å². The Morgan fingerprint density at radius 2 is 2.29 bits per heavy atom. The van der Waals surface area contributed by atoms with Crippen LogP contribution in [0.15, 0.2) is 30.7 Å². The molecule has 1 saturated heterocycles. The summed E-state index contributed by atoms with van der Waals surface area (Å²) in [6.07, 6.45) is 4.83. The van der Waals surface area contributed by atoms with Gasteiger partial charge in [-0.1, -0.05) is 0 Å². The lowest BCUT2D eigenvalue weighted by atomic mass is 10.1. The van der Waals surface area contributed by atoms with Crippen molar-refractivity contribution in [2.75, 3.05) is 31.7 Å². The molecule has 0 aliphatic carbocycles. The van der Waals surface area contributed by atoms with Crippen molar-refractivity contribution in [3.05, 3.63) is 47.7 Å². The number of amides is 1. The minimum atomic E-state index is -1.05. The first kappa shape index (κ1) is 20.9. The number of methoxy groups -OCH3 is 1. The molecule has 4 rings (SSSR count). The Labute approximate surface area is 177 Å². The third kappa shape index (κ3) is 4.14. The van der Waals surface area contributed by atoms with Crippen LogP contribution in [0.4, 0.5) is 10.2 Å². The van der Waals surface area contributed by atoms with Gasteiger partial charge in [0.15, 0.2) is 5.65 Å². The zero-order valence-corrected chi connectivity index (χ0v) is 16.9. The molecule has 164 valence electrons. The second-order valence-corrected chi connectivity index (χ2v) is 7.26. The Bertz CT molecular complexity index is 1090. The fourth-order valence-corrected chi connectivity index (χ4v) is 3.77. The Balaban J connectivity index is 1.65. The van der Waals surface area contributed by atoms with Crippen molar-refractivity contribution in [3.63, 3.8) is 0 Å². The van der Waals surface area contributed by atoms with Crippen LogP contribution in [-0.4, -0.2) is 68.6 Å². The van der Waals surface area contributed by atoms with E-state index >= 15 is 0 Å². The quantitative estimate of drug-likeness (QED) is 0.500. The Kier molecular flexibility index (Phi) is 5.96. The molecule has 0 bridgehead atoms. The summed E-state index contributed by atoms with van der Waals surface area (Å²) in [5.74, 6) is 0.0875. The zero-order chi connectivity index (χ0) is 22.0. The number of pyridine rings is 1. The van der Waals surface area contributed by atoms with E-state index in [-0.39, 0.29) is 18.2 Å². The van der Waals surface area contributed by atoms with Crippen molar-refractivity contribution in [2.45, 2.75) is 25.0 Å². The average Bonchev–Trinajstić information content (AvgIpc) is 3.43. The van der Waals surface area contributed by atoms with E-state index < -0.39 is 24.4 Å². The summed E-state index contributed by atoms with van der Waals surface area (Å²) >= 11 is 0. The van der Waals surface area contributed by atoms with E-state index in [1.165, 1.54) is 23.9 Å². The summed E-state index contributed by atoms with van der Waals surface area (Å²) in [7, 11) is 1.50. The lowest BCUT2D eigenvalue weighted by Gasteiger charge is -2.26. The van der Waals surface area contributed by atoms with Crippen LogP contribution >= 0.6 is 0 Å². The molecule has 1 amide bonds. The maximum Gasteiger partial charge on any atom is 0.256 e. The summed E-state index contributed by atoms with van der Waals surface area (Å²) in [6.45, 7) is 0.158. The normalized spacial score (nSPS) is 17.2. The fourth-order valence-electron chi connectivity index (χ4n) is 3.77. The second kappa shape index (κ2) is 8.82.